The zero-order valence-electron chi connectivity index (χ0n) is 11.5. The molecule has 1 atom stereocenters. The number of benzene rings is 2. The van der Waals surface area contributed by atoms with Crippen molar-refractivity contribution in [3.8, 4) is 5.75 Å². The third-order valence-electron chi connectivity index (χ3n) is 3.64. The van der Waals surface area contributed by atoms with Gasteiger partial charge in [0.2, 0.25) is 0 Å². The minimum Gasteiger partial charge on any atom is -0.492 e. The average Bonchev–Trinajstić information content (AvgIpc) is 2.48. The molecule has 0 bridgehead atoms. The summed E-state index contributed by atoms with van der Waals surface area (Å²) in [6.45, 7) is 2.43. The molecule has 0 radical (unpaired) electrons. The van der Waals surface area contributed by atoms with Crippen molar-refractivity contribution in [1.82, 2.24) is 0 Å². The zero-order valence-corrected chi connectivity index (χ0v) is 11.5. The molecule has 0 saturated heterocycles. The third kappa shape index (κ3) is 2.94. The van der Waals surface area contributed by atoms with Crippen molar-refractivity contribution in [3.63, 3.8) is 0 Å². The summed E-state index contributed by atoms with van der Waals surface area (Å²) in [7, 11) is 0. The van der Waals surface area contributed by atoms with E-state index in [1.807, 2.05) is 30.3 Å². The zero-order chi connectivity index (χ0) is 13.8. The van der Waals surface area contributed by atoms with Crippen molar-refractivity contribution < 1.29 is 4.74 Å². The molecule has 1 aliphatic rings. The second kappa shape index (κ2) is 5.97. The molecule has 0 amide bonds. The fourth-order valence-corrected chi connectivity index (χ4v) is 2.72. The monoisotopic (exact) mass is 268 g/mol. The van der Waals surface area contributed by atoms with Crippen LogP contribution in [0.15, 0.2) is 54.6 Å². The van der Waals surface area contributed by atoms with Crippen LogP contribution in [0, 0.1) is 0 Å². The molecule has 0 aromatic heterocycles. The molecule has 0 aliphatic carbocycles. The Hall–Kier alpha value is -2.00. The molecule has 0 spiro atoms. The molecule has 0 fully saturated rings. The lowest BCUT2D eigenvalue weighted by Crippen LogP contribution is -2.44. The van der Waals surface area contributed by atoms with Gasteiger partial charge in [0.05, 0.1) is 6.54 Å². The molecule has 1 aliphatic heterocycles. The van der Waals surface area contributed by atoms with E-state index in [2.05, 4.69) is 29.2 Å². The lowest BCUT2D eigenvalue weighted by Gasteiger charge is -2.34. The topological polar surface area (TPSA) is 38.5 Å². The molecule has 20 heavy (non-hydrogen) atoms. The maximum Gasteiger partial charge on any atom is 0.119 e. The summed E-state index contributed by atoms with van der Waals surface area (Å²) >= 11 is 0. The van der Waals surface area contributed by atoms with Gasteiger partial charge in [-0.1, -0.05) is 36.4 Å². The van der Waals surface area contributed by atoms with Gasteiger partial charge in [-0.2, -0.15) is 0 Å². The van der Waals surface area contributed by atoms with Gasteiger partial charge in [0.15, 0.2) is 0 Å². The molecule has 3 nitrogen and oxygen atoms in total. The van der Waals surface area contributed by atoms with E-state index in [4.69, 9.17) is 10.5 Å². The van der Waals surface area contributed by atoms with Crippen molar-refractivity contribution in [2.75, 3.05) is 24.6 Å². The molecule has 2 aromatic rings. The number of hydrogen-bond acceptors (Lipinski definition) is 3. The minimum atomic E-state index is 0.210. The molecular formula is C17H20N2O. The highest BCUT2D eigenvalue weighted by molar-refractivity contribution is 5.56. The Morgan fingerprint density at radius 2 is 1.80 bits per heavy atom. The van der Waals surface area contributed by atoms with E-state index in [9.17, 15) is 0 Å². The number of rotatable bonds is 4. The highest BCUT2D eigenvalue weighted by Gasteiger charge is 2.21. The Kier molecular flexibility index (Phi) is 3.88. The van der Waals surface area contributed by atoms with E-state index in [0.717, 1.165) is 25.3 Å². The first-order valence-corrected chi connectivity index (χ1v) is 7.09. The third-order valence-corrected chi connectivity index (χ3v) is 3.64. The summed E-state index contributed by atoms with van der Waals surface area (Å²) in [4.78, 5) is 2.33. The molecular weight excluding hydrogens is 248 g/mol. The fourth-order valence-electron chi connectivity index (χ4n) is 2.72. The van der Waals surface area contributed by atoms with E-state index >= 15 is 0 Å². The van der Waals surface area contributed by atoms with Crippen LogP contribution in [0.2, 0.25) is 0 Å². The highest BCUT2D eigenvalue weighted by atomic mass is 16.5. The predicted octanol–water partition coefficient (Wildman–Crippen LogP) is 2.46. The quantitative estimate of drug-likeness (QED) is 0.925. The number of hydrogen-bond donors (Lipinski definition) is 1. The summed E-state index contributed by atoms with van der Waals surface area (Å²) in [5, 5.41) is 0. The summed E-state index contributed by atoms with van der Waals surface area (Å²) in [6.07, 6.45) is 0.964. The van der Waals surface area contributed by atoms with Crippen LogP contribution in [-0.4, -0.2) is 25.7 Å². The molecule has 1 unspecified atom stereocenters. The number of nitrogens with zero attached hydrogens (tertiary/aromatic N) is 1. The van der Waals surface area contributed by atoms with Crippen LogP contribution >= 0.6 is 0 Å². The summed E-state index contributed by atoms with van der Waals surface area (Å²) in [6, 6.07) is 18.6. The van der Waals surface area contributed by atoms with Crippen molar-refractivity contribution in [2.24, 2.45) is 5.73 Å². The van der Waals surface area contributed by atoms with E-state index in [-0.39, 0.29) is 6.04 Å². The lowest BCUT2D eigenvalue weighted by atomic mass is 9.98. The van der Waals surface area contributed by atoms with Gasteiger partial charge >= 0.3 is 0 Å². The van der Waals surface area contributed by atoms with Crippen molar-refractivity contribution in [1.29, 1.82) is 0 Å². The fraction of sp³-hybridized carbons (Fsp3) is 0.294. The smallest absolute Gasteiger partial charge is 0.119 e. The van der Waals surface area contributed by atoms with Crippen LogP contribution < -0.4 is 15.4 Å². The summed E-state index contributed by atoms with van der Waals surface area (Å²) < 4.78 is 5.78. The number of nitrogens with two attached hydrogens (primary N) is 1. The summed E-state index contributed by atoms with van der Waals surface area (Å²) in [5.74, 6) is 0.919. The second-order valence-electron chi connectivity index (χ2n) is 5.20. The first-order valence-electron chi connectivity index (χ1n) is 7.09. The van der Waals surface area contributed by atoms with Crippen LogP contribution in [0.25, 0.3) is 0 Å². The van der Waals surface area contributed by atoms with Crippen LogP contribution in [0.3, 0.4) is 0 Å². The van der Waals surface area contributed by atoms with E-state index in [1.165, 1.54) is 11.3 Å². The van der Waals surface area contributed by atoms with Crippen molar-refractivity contribution in [2.45, 2.75) is 12.5 Å². The standard InChI is InChI=1S/C17H20N2O/c18-15-12-14-6-4-5-9-17(14)19(13-15)10-11-20-16-7-2-1-3-8-16/h1-9,15H,10-13,18H2. The molecule has 1 heterocycles. The first-order chi connectivity index (χ1) is 9.83. The van der Waals surface area contributed by atoms with Crippen LogP contribution in [0.1, 0.15) is 5.56 Å². The van der Waals surface area contributed by atoms with Crippen molar-refractivity contribution >= 4 is 5.69 Å². The SMILES string of the molecule is NC1Cc2ccccc2N(CCOc2ccccc2)C1. The number of anilines is 1. The number of fused-ring (bicyclic) bond motifs is 1. The van der Waals surface area contributed by atoms with Gasteiger partial charge in [-0.05, 0) is 30.2 Å². The van der Waals surface area contributed by atoms with Crippen LogP contribution in [-0.2, 0) is 6.42 Å². The van der Waals surface area contributed by atoms with Gasteiger partial charge in [-0.15, -0.1) is 0 Å². The van der Waals surface area contributed by atoms with Gasteiger partial charge in [-0.3, -0.25) is 0 Å². The Morgan fingerprint density at radius 1 is 1.05 bits per heavy atom. The predicted molar refractivity (Wildman–Crippen MR) is 82.3 cm³/mol. The summed E-state index contributed by atoms with van der Waals surface area (Å²) in [5.41, 5.74) is 8.78. The molecule has 3 rings (SSSR count). The Labute approximate surface area is 120 Å². The van der Waals surface area contributed by atoms with Gasteiger partial charge in [0.25, 0.3) is 0 Å². The van der Waals surface area contributed by atoms with E-state index in [0.29, 0.717) is 6.61 Å². The molecule has 3 heteroatoms. The van der Waals surface area contributed by atoms with E-state index < -0.39 is 0 Å². The Morgan fingerprint density at radius 3 is 2.65 bits per heavy atom. The van der Waals surface area contributed by atoms with Crippen molar-refractivity contribution in [3.05, 3.63) is 60.2 Å². The first kappa shape index (κ1) is 13.0. The van der Waals surface area contributed by atoms with Crippen LogP contribution in [0.4, 0.5) is 5.69 Å². The number of ether oxygens (including phenoxy) is 1. The second-order valence-corrected chi connectivity index (χ2v) is 5.20. The minimum absolute atomic E-state index is 0.210. The largest absolute Gasteiger partial charge is 0.492 e. The highest BCUT2D eigenvalue weighted by Crippen LogP contribution is 2.25. The van der Waals surface area contributed by atoms with Gasteiger partial charge < -0.3 is 15.4 Å². The molecule has 0 saturated carbocycles. The maximum atomic E-state index is 6.14. The van der Waals surface area contributed by atoms with E-state index in [1.54, 1.807) is 0 Å². The lowest BCUT2D eigenvalue weighted by molar-refractivity contribution is 0.321. The number of para-hydroxylation sites is 2. The molecule has 2 N–H and O–H groups in total. The average molecular weight is 268 g/mol. The maximum absolute atomic E-state index is 6.14. The Balaban J connectivity index is 1.63. The van der Waals surface area contributed by atoms with Gasteiger partial charge in [-0.25, -0.2) is 0 Å². The Bertz CT molecular complexity index is 556. The van der Waals surface area contributed by atoms with Gasteiger partial charge in [0.1, 0.15) is 12.4 Å². The molecule has 104 valence electrons. The normalized spacial score (nSPS) is 17.6. The van der Waals surface area contributed by atoms with Gasteiger partial charge in [0, 0.05) is 18.3 Å². The molecule has 2 aromatic carbocycles. The van der Waals surface area contributed by atoms with Crippen LogP contribution in [0.5, 0.6) is 5.75 Å².